The van der Waals surface area contributed by atoms with E-state index in [0.29, 0.717) is 25.9 Å². The van der Waals surface area contributed by atoms with Crippen molar-refractivity contribution in [1.82, 2.24) is 10.2 Å². The first kappa shape index (κ1) is 20.4. The normalized spacial score (nSPS) is 11.4. The number of carbonyl (C=O) groups excluding carboxylic acids is 2. The topological polar surface area (TPSA) is 49.4 Å². The number of hydrogen-bond donors (Lipinski definition) is 1. The van der Waals surface area contributed by atoms with Crippen molar-refractivity contribution >= 4 is 11.8 Å². The van der Waals surface area contributed by atoms with Gasteiger partial charge in [0.2, 0.25) is 11.8 Å². The van der Waals surface area contributed by atoms with Gasteiger partial charge in [-0.3, -0.25) is 9.59 Å². The summed E-state index contributed by atoms with van der Waals surface area (Å²) in [5.41, 5.74) is 2.04. The predicted molar refractivity (Wildman–Crippen MR) is 109 cm³/mol. The van der Waals surface area contributed by atoms with E-state index in [4.69, 9.17) is 0 Å². The van der Waals surface area contributed by atoms with Gasteiger partial charge >= 0.3 is 0 Å². The van der Waals surface area contributed by atoms with Gasteiger partial charge < -0.3 is 10.2 Å². The summed E-state index contributed by atoms with van der Waals surface area (Å²) in [6, 6.07) is 19.0. The van der Waals surface area contributed by atoms with Crippen LogP contribution in [0.1, 0.15) is 30.9 Å². The summed E-state index contributed by atoms with van der Waals surface area (Å²) in [7, 11) is 0. The molecule has 27 heavy (non-hydrogen) atoms. The predicted octanol–water partition coefficient (Wildman–Crippen LogP) is 3.73. The first-order valence-corrected chi connectivity index (χ1v) is 9.41. The quantitative estimate of drug-likeness (QED) is 0.653. The third-order valence-corrected chi connectivity index (χ3v) is 4.35. The molecule has 0 fully saturated rings. The summed E-state index contributed by atoms with van der Waals surface area (Å²) < 4.78 is 0. The van der Waals surface area contributed by atoms with E-state index in [0.717, 1.165) is 17.5 Å². The van der Waals surface area contributed by atoms with Gasteiger partial charge in [0.1, 0.15) is 6.04 Å². The Kier molecular flexibility index (Phi) is 8.30. The highest BCUT2D eigenvalue weighted by Gasteiger charge is 2.29. The largest absolute Gasteiger partial charge is 0.351 e. The Hall–Kier alpha value is -2.88. The highest BCUT2D eigenvalue weighted by molar-refractivity contribution is 5.88. The Bertz CT molecular complexity index is 729. The van der Waals surface area contributed by atoms with Crippen LogP contribution in [0.25, 0.3) is 0 Å². The molecule has 0 radical (unpaired) electrons. The number of rotatable bonds is 10. The molecule has 0 spiro atoms. The van der Waals surface area contributed by atoms with Crippen molar-refractivity contribution in [2.45, 2.75) is 38.8 Å². The second-order valence-corrected chi connectivity index (χ2v) is 6.50. The lowest BCUT2D eigenvalue weighted by Crippen LogP contribution is -2.50. The van der Waals surface area contributed by atoms with E-state index in [1.165, 1.54) is 0 Å². The van der Waals surface area contributed by atoms with Gasteiger partial charge in [0.25, 0.3) is 0 Å². The van der Waals surface area contributed by atoms with Gasteiger partial charge in [-0.15, -0.1) is 6.58 Å². The molecule has 0 aliphatic rings. The molecule has 0 aliphatic carbocycles. The van der Waals surface area contributed by atoms with Crippen LogP contribution in [0.15, 0.2) is 73.3 Å². The van der Waals surface area contributed by atoms with Crippen molar-refractivity contribution in [2.24, 2.45) is 0 Å². The third kappa shape index (κ3) is 6.41. The van der Waals surface area contributed by atoms with Gasteiger partial charge in [0.05, 0.1) is 0 Å². The van der Waals surface area contributed by atoms with Crippen LogP contribution in [0.4, 0.5) is 0 Å². The maximum absolute atomic E-state index is 12.9. The van der Waals surface area contributed by atoms with Crippen LogP contribution < -0.4 is 5.32 Å². The number of amides is 2. The van der Waals surface area contributed by atoms with Crippen LogP contribution in [0, 0.1) is 0 Å². The van der Waals surface area contributed by atoms with Gasteiger partial charge in [-0.1, -0.05) is 73.7 Å². The lowest BCUT2D eigenvalue weighted by molar-refractivity contribution is -0.141. The van der Waals surface area contributed by atoms with Crippen LogP contribution in [0.3, 0.4) is 0 Å². The number of hydrogen-bond acceptors (Lipinski definition) is 2. The van der Waals surface area contributed by atoms with Gasteiger partial charge in [-0.2, -0.15) is 0 Å². The molecule has 142 valence electrons. The van der Waals surface area contributed by atoms with E-state index < -0.39 is 6.04 Å². The first-order valence-electron chi connectivity index (χ1n) is 9.41. The van der Waals surface area contributed by atoms with Crippen LogP contribution in [0.5, 0.6) is 0 Å². The lowest BCUT2D eigenvalue weighted by atomic mass is 10.0. The van der Waals surface area contributed by atoms with E-state index in [9.17, 15) is 9.59 Å². The fourth-order valence-corrected chi connectivity index (χ4v) is 2.98. The molecule has 1 atom stereocenters. The molecule has 2 aromatic rings. The second kappa shape index (κ2) is 11.0. The lowest BCUT2D eigenvalue weighted by Gasteiger charge is -2.31. The van der Waals surface area contributed by atoms with Crippen LogP contribution in [-0.2, 0) is 22.6 Å². The summed E-state index contributed by atoms with van der Waals surface area (Å²) in [5, 5.41) is 2.87. The van der Waals surface area contributed by atoms with Crippen molar-refractivity contribution in [2.75, 3.05) is 6.54 Å². The fourth-order valence-electron chi connectivity index (χ4n) is 2.98. The SMILES string of the molecule is C=CCNC(=O)C(Cc1ccccc1)N(Cc1ccccc1)C(=O)CCC. The molecule has 0 heterocycles. The maximum Gasteiger partial charge on any atom is 0.243 e. The van der Waals surface area contributed by atoms with Crippen LogP contribution in [-0.4, -0.2) is 29.3 Å². The van der Waals surface area contributed by atoms with Crippen molar-refractivity contribution in [3.63, 3.8) is 0 Å². The minimum atomic E-state index is -0.563. The van der Waals surface area contributed by atoms with Crippen molar-refractivity contribution in [3.05, 3.63) is 84.4 Å². The molecule has 2 amide bonds. The van der Waals surface area contributed by atoms with E-state index in [1.807, 2.05) is 67.6 Å². The third-order valence-electron chi connectivity index (χ3n) is 4.35. The standard InChI is InChI=1S/C23H28N2O2/c1-3-11-22(26)25(18-20-14-9-6-10-15-20)21(23(27)24-16-4-2)17-19-12-7-5-8-13-19/h4-10,12-15,21H,2-3,11,16-18H2,1H3,(H,24,27). The molecule has 0 saturated heterocycles. The summed E-state index contributed by atoms with van der Waals surface area (Å²) in [6.45, 7) is 6.43. The number of benzene rings is 2. The van der Waals surface area contributed by atoms with Gasteiger partial charge in [0.15, 0.2) is 0 Å². The first-order chi connectivity index (χ1) is 13.2. The van der Waals surface area contributed by atoms with Crippen molar-refractivity contribution in [1.29, 1.82) is 0 Å². The minimum Gasteiger partial charge on any atom is -0.351 e. The second-order valence-electron chi connectivity index (χ2n) is 6.50. The Morgan fingerprint density at radius 1 is 1.04 bits per heavy atom. The van der Waals surface area contributed by atoms with Gasteiger partial charge in [-0.05, 0) is 17.5 Å². The molecular formula is C23H28N2O2. The summed E-state index contributed by atoms with van der Waals surface area (Å²) in [5.74, 6) is -0.157. The molecule has 4 nitrogen and oxygen atoms in total. The number of carbonyl (C=O) groups is 2. The molecule has 1 unspecified atom stereocenters. The number of nitrogens with one attached hydrogen (secondary N) is 1. The zero-order chi connectivity index (χ0) is 19.5. The summed E-state index contributed by atoms with van der Waals surface area (Å²) in [6.07, 6.45) is 3.29. The average molecular weight is 364 g/mol. The van der Waals surface area contributed by atoms with Crippen molar-refractivity contribution < 1.29 is 9.59 Å². The molecule has 4 heteroatoms. The van der Waals surface area contributed by atoms with E-state index in [2.05, 4.69) is 11.9 Å². The van der Waals surface area contributed by atoms with Gasteiger partial charge in [0, 0.05) is 25.9 Å². The Balaban J connectivity index is 2.32. The summed E-state index contributed by atoms with van der Waals surface area (Å²) >= 11 is 0. The maximum atomic E-state index is 12.9. The molecule has 0 bridgehead atoms. The van der Waals surface area contributed by atoms with E-state index >= 15 is 0 Å². The minimum absolute atomic E-state index is 0.00367. The summed E-state index contributed by atoms with van der Waals surface area (Å²) in [4.78, 5) is 27.5. The Morgan fingerprint density at radius 3 is 2.19 bits per heavy atom. The highest BCUT2D eigenvalue weighted by Crippen LogP contribution is 2.16. The molecule has 0 aliphatic heterocycles. The Labute approximate surface area is 161 Å². The molecule has 2 rings (SSSR count). The highest BCUT2D eigenvalue weighted by atomic mass is 16.2. The van der Waals surface area contributed by atoms with E-state index in [1.54, 1.807) is 11.0 Å². The molecule has 2 aromatic carbocycles. The Morgan fingerprint density at radius 2 is 1.63 bits per heavy atom. The molecule has 0 aromatic heterocycles. The molecule has 1 N–H and O–H groups in total. The van der Waals surface area contributed by atoms with Crippen LogP contribution in [0.2, 0.25) is 0 Å². The monoisotopic (exact) mass is 364 g/mol. The van der Waals surface area contributed by atoms with Gasteiger partial charge in [-0.25, -0.2) is 0 Å². The number of nitrogens with zero attached hydrogens (tertiary/aromatic N) is 1. The average Bonchev–Trinajstić information content (AvgIpc) is 2.70. The molecule has 0 saturated carbocycles. The van der Waals surface area contributed by atoms with E-state index in [-0.39, 0.29) is 11.8 Å². The van der Waals surface area contributed by atoms with Crippen molar-refractivity contribution in [3.8, 4) is 0 Å². The molecular weight excluding hydrogens is 336 g/mol. The fraction of sp³-hybridized carbons (Fsp3) is 0.304. The zero-order valence-corrected chi connectivity index (χ0v) is 15.9. The smallest absolute Gasteiger partial charge is 0.243 e. The zero-order valence-electron chi connectivity index (χ0n) is 15.9. The van der Waals surface area contributed by atoms with Crippen LogP contribution >= 0.6 is 0 Å².